The topological polar surface area (TPSA) is 44.9 Å². The molecule has 0 unspecified atom stereocenters. The lowest BCUT2D eigenvalue weighted by atomic mass is 10.1. The Morgan fingerprint density at radius 2 is 2.11 bits per heavy atom. The van der Waals surface area contributed by atoms with Gasteiger partial charge >= 0.3 is 0 Å². The lowest BCUT2D eigenvalue weighted by Crippen LogP contribution is -2.19. The van der Waals surface area contributed by atoms with Crippen LogP contribution in [0.4, 0.5) is 0 Å². The summed E-state index contributed by atoms with van der Waals surface area (Å²) in [5, 5.41) is 5.05. The molecule has 0 aliphatic carbocycles. The van der Waals surface area contributed by atoms with E-state index in [1.165, 1.54) is 0 Å². The van der Waals surface area contributed by atoms with Crippen LogP contribution in [0.5, 0.6) is 0 Å². The van der Waals surface area contributed by atoms with Crippen LogP contribution in [-0.4, -0.2) is 18.1 Å². The molecule has 0 amide bonds. The smallest absolute Gasteiger partial charge is 0.248 e. The van der Waals surface area contributed by atoms with E-state index in [1.54, 1.807) is 12.1 Å². The minimum absolute atomic E-state index is 0.0738. The van der Waals surface area contributed by atoms with Crippen LogP contribution in [0.1, 0.15) is 18.9 Å². The van der Waals surface area contributed by atoms with Crippen LogP contribution in [0.15, 0.2) is 29.1 Å². The molecule has 0 radical (unpaired) electrons. The SMILES string of the molecule is CCCNCCc1cc(=O)[nH]c2cc(Cl)ccc12. The summed E-state index contributed by atoms with van der Waals surface area (Å²) in [6, 6.07) is 7.28. The first-order chi connectivity index (χ1) is 8.70. The van der Waals surface area contributed by atoms with Gasteiger partial charge in [-0.25, -0.2) is 0 Å². The number of hydrogen-bond acceptors (Lipinski definition) is 2. The first kappa shape index (κ1) is 13.1. The molecule has 2 rings (SSSR count). The molecule has 4 heteroatoms. The number of H-pyrrole nitrogens is 1. The van der Waals surface area contributed by atoms with E-state index in [1.807, 2.05) is 12.1 Å². The number of halogens is 1. The first-order valence-corrected chi connectivity index (χ1v) is 6.60. The monoisotopic (exact) mass is 264 g/mol. The third-order valence-corrected chi connectivity index (χ3v) is 3.12. The Balaban J connectivity index is 2.28. The molecule has 2 N–H and O–H groups in total. The van der Waals surface area contributed by atoms with Gasteiger partial charge < -0.3 is 10.3 Å². The highest BCUT2D eigenvalue weighted by Crippen LogP contribution is 2.19. The van der Waals surface area contributed by atoms with Crippen molar-refractivity contribution in [3.05, 3.63) is 45.2 Å². The number of benzene rings is 1. The summed E-state index contributed by atoms with van der Waals surface area (Å²) in [5.74, 6) is 0. The van der Waals surface area contributed by atoms with Gasteiger partial charge in [0.1, 0.15) is 0 Å². The fourth-order valence-corrected chi connectivity index (χ4v) is 2.21. The Morgan fingerprint density at radius 3 is 2.89 bits per heavy atom. The van der Waals surface area contributed by atoms with E-state index in [9.17, 15) is 4.79 Å². The Hall–Kier alpha value is -1.32. The van der Waals surface area contributed by atoms with Gasteiger partial charge in [-0.1, -0.05) is 24.6 Å². The van der Waals surface area contributed by atoms with E-state index in [0.29, 0.717) is 5.02 Å². The van der Waals surface area contributed by atoms with E-state index >= 15 is 0 Å². The van der Waals surface area contributed by atoms with Gasteiger partial charge in [0.2, 0.25) is 5.56 Å². The summed E-state index contributed by atoms with van der Waals surface area (Å²) in [6.07, 6.45) is 1.97. The fraction of sp³-hybridized carbons (Fsp3) is 0.357. The van der Waals surface area contributed by atoms with Crippen LogP contribution in [0.2, 0.25) is 5.02 Å². The molecule has 0 aliphatic heterocycles. The standard InChI is InChI=1S/C14H17ClN2O/c1-2-6-16-7-5-10-8-14(18)17-13-9-11(15)3-4-12(10)13/h3-4,8-9,16H,2,5-7H2,1H3,(H,17,18). The van der Waals surface area contributed by atoms with Crippen molar-refractivity contribution in [2.75, 3.05) is 13.1 Å². The van der Waals surface area contributed by atoms with Crippen molar-refractivity contribution in [3.63, 3.8) is 0 Å². The maximum Gasteiger partial charge on any atom is 0.248 e. The van der Waals surface area contributed by atoms with Crippen molar-refractivity contribution in [2.24, 2.45) is 0 Å². The Bertz CT molecular complexity index is 592. The molecule has 0 fully saturated rings. The molecule has 2 aromatic rings. The first-order valence-electron chi connectivity index (χ1n) is 6.23. The van der Waals surface area contributed by atoms with Gasteiger partial charge in [0.15, 0.2) is 0 Å². The highest BCUT2D eigenvalue weighted by Gasteiger charge is 2.03. The second kappa shape index (κ2) is 6.03. The van der Waals surface area contributed by atoms with E-state index < -0.39 is 0 Å². The molecule has 0 atom stereocenters. The minimum atomic E-state index is -0.0738. The summed E-state index contributed by atoms with van der Waals surface area (Å²) in [7, 11) is 0. The van der Waals surface area contributed by atoms with Crippen molar-refractivity contribution >= 4 is 22.5 Å². The molecule has 3 nitrogen and oxygen atoms in total. The zero-order valence-corrected chi connectivity index (χ0v) is 11.2. The van der Waals surface area contributed by atoms with Gasteiger partial charge in [-0.05, 0) is 43.6 Å². The number of nitrogens with one attached hydrogen (secondary N) is 2. The quantitative estimate of drug-likeness (QED) is 0.816. The highest BCUT2D eigenvalue weighted by atomic mass is 35.5. The van der Waals surface area contributed by atoms with Crippen molar-refractivity contribution in [1.29, 1.82) is 0 Å². The average Bonchev–Trinajstić information content (AvgIpc) is 2.33. The lowest BCUT2D eigenvalue weighted by molar-refractivity contribution is 0.672. The van der Waals surface area contributed by atoms with Crippen LogP contribution in [0.25, 0.3) is 10.9 Å². The maximum atomic E-state index is 11.6. The molecular weight excluding hydrogens is 248 g/mol. The molecule has 18 heavy (non-hydrogen) atoms. The highest BCUT2D eigenvalue weighted by molar-refractivity contribution is 6.31. The molecule has 0 saturated heterocycles. The minimum Gasteiger partial charge on any atom is -0.322 e. The van der Waals surface area contributed by atoms with Gasteiger partial charge in [-0.2, -0.15) is 0 Å². The molecule has 1 aromatic heterocycles. The van der Waals surface area contributed by atoms with Gasteiger partial charge in [-0.15, -0.1) is 0 Å². The summed E-state index contributed by atoms with van der Waals surface area (Å²) in [4.78, 5) is 14.4. The second-order valence-corrected chi connectivity index (χ2v) is 4.79. The third kappa shape index (κ3) is 3.12. The van der Waals surface area contributed by atoms with E-state index in [-0.39, 0.29) is 5.56 Å². The molecule has 1 aromatic carbocycles. The van der Waals surface area contributed by atoms with Crippen LogP contribution < -0.4 is 10.9 Å². The number of hydrogen-bond donors (Lipinski definition) is 2. The number of aromatic nitrogens is 1. The number of rotatable bonds is 5. The maximum absolute atomic E-state index is 11.6. The number of aromatic amines is 1. The van der Waals surface area contributed by atoms with Crippen LogP contribution in [0.3, 0.4) is 0 Å². The zero-order valence-electron chi connectivity index (χ0n) is 10.4. The van der Waals surface area contributed by atoms with Crippen LogP contribution in [-0.2, 0) is 6.42 Å². The zero-order chi connectivity index (χ0) is 13.0. The molecule has 1 heterocycles. The Labute approximate surface area is 111 Å². The van der Waals surface area contributed by atoms with E-state index in [4.69, 9.17) is 11.6 Å². The third-order valence-electron chi connectivity index (χ3n) is 2.89. The summed E-state index contributed by atoms with van der Waals surface area (Å²) >= 11 is 5.93. The normalized spacial score (nSPS) is 11.0. The largest absolute Gasteiger partial charge is 0.322 e. The summed E-state index contributed by atoms with van der Waals surface area (Å²) in [6.45, 7) is 4.03. The fourth-order valence-electron chi connectivity index (χ4n) is 2.04. The molecule has 0 saturated carbocycles. The lowest BCUT2D eigenvalue weighted by Gasteiger charge is -2.07. The van der Waals surface area contributed by atoms with Crippen molar-refractivity contribution in [3.8, 4) is 0 Å². The molecule has 0 spiro atoms. The van der Waals surface area contributed by atoms with Crippen LogP contribution in [0, 0.1) is 0 Å². The van der Waals surface area contributed by atoms with Gasteiger partial charge in [0.25, 0.3) is 0 Å². The van der Waals surface area contributed by atoms with Gasteiger partial charge in [0, 0.05) is 16.5 Å². The molecule has 96 valence electrons. The predicted octanol–water partition coefficient (Wildman–Crippen LogP) is 2.72. The predicted molar refractivity (Wildman–Crippen MR) is 76.4 cm³/mol. The summed E-state index contributed by atoms with van der Waals surface area (Å²) in [5.41, 5.74) is 1.80. The Kier molecular flexibility index (Phi) is 4.39. The molecular formula is C14H17ClN2O. The van der Waals surface area contributed by atoms with Crippen molar-refractivity contribution in [2.45, 2.75) is 19.8 Å². The number of pyridine rings is 1. The van der Waals surface area contributed by atoms with Gasteiger partial charge in [0.05, 0.1) is 5.52 Å². The summed E-state index contributed by atoms with van der Waals surface area (Å²) < 4.78 is 0. The second-order valence-electron chi connectivity index (χ2n) is 4.35. The molecule has 0 aliphatic rings. The van der Waals surface area contributed by atoms with Crippen molar-refractivity contribution in [1.82, 2.24) is 10.3 Å². The van der Waals surface area contributed by atoms with Gasteiger partial charge in [-0.3, -0.25) is 4.79 Å². The van der Waals surface area contributed by atoms with Crippen LogP contribution >= 0.6 is 11.6 Å². The number of fused-ring (bicyclic) bond motifs is 1. The molecule has 0 bridgehead atoms. The van der Waals surface area contributed by atoms with E-state index in [0.717, 1.165) is 42.4 Å². The van der Waals surface area contributed by atoms with Crippen molar-refractivity contribution < 1.29 is 0 Å². The average molecular weight is 265 g/mol. The Morgan fingerprint density at radius 1 is 1.28 bits per heavy atom. The van der Waals surface area contributed by atoms with E-state index in [2.05, 4.69) is 17.2 Å².